The van der Waals surface area contributed by atoms with E-state index in [1.165, 1.54) is 34.9 Å². The van der Waals surface area contributed by atoms with Crippen LogP contribution in [0.15, 0.2) is 47.6 Å². The molecule has 0 amide bonds. The number of aromatic carboxylic acids is 1. The van der Waals surface area contributed by atoms with E-state index in [4.69, 9.17) is 4.74 Å². The van der Waals surface area contributed by atoms with Gasteiger partial charge in [-0.3, -0.25) is 0 Å². The van der Waals surface area contributed by atoms with Crippen molar-refractivity contribution in [2.24, 2.45) is 0 Å². The van der Waals surface area contributed by atoms with Gasteiger partial charge in [-0.25, -0.2) is 14.8 Å². The second-order valence-electron chi connectivity index (χ2n) is 7.54. The number of thioether (sulfide) groups is 1. The minimum atomic E-state index is -0.931. The third kappa shape index (κ3) is 4.80. The number of ether oxygens (including phenoxy) is 1. The van der Waals surface area contributed by atoms with Gasteiger partial charge in [0.2, 0.25) is 0 Å². The molecule has 2 aromatic carbocycles. The fraction of sp³-hybridized carbons (Fsp3) is 0.292. The van der Waals surface area contributed by atoms with Crippen molar-refractivity contribution in [3.05, 3.63) is 59.4 Å². The van der Waals surface area contributed by atoms with E-state index >= 15 is 0 Å². The van der Waals surface area contributed by atoms with E-state index in [9.17, 15) is 9.90 Å². The van der Waals surface area contributed by atoms with Crippen molar-refractivity contribution >= 4 is 29.2 Å². The molecule has 0 saturated carbocycles. The maximum atomic E-state index is 11.4. The number of hydrogen-bond acceptors (Lipinski definition) is 7. The van der Waals surface area contributed by atoms with Crippen LogP contribution in [0.4, 0.5) is 11.5 Å². The lowest BCUT2D eigenvalue weighted by molar-refractivity contribution is 0.0693. The van der Waals surface area contributed by atoms with Gasteiger partial charge in [0.15, 0.2) is 0 Å². The van der Waals surface area contributed by atoms with E-state index in [-0.39, 0.29) is 0 Å². The number of carboxylic acid groups (broad SMARTS) is 1. The molecule has 8 heteroatoms. The topological polar surface area (TPSA) is 96.4 Å². The Morgan fingerprint density at radius 3 is 2.91 bits per heavy atom. The molecule has 0 saturated heterocycles. The first kappa shape index (κ1) is 22.0. The normalized spacial score (nSPS) is 12.6. The van der Waals surface area contributed by atoms with E-state index in [0.717, 1.165) is 48.6 Å². The van der Waals surface area contributed by atoms with Crippen molar-refractivity contribution in [1.82, 2.24) is 9.97 Å². The van der Waals surface area contributed by atoms with Gasteiger partial charge in [-0.2, -0.15) is 0 Å². The fourth-order valence-electron chi connectivity index (χ4n) is 3.90. The number of fused-ring (bicyclic) bond motifs is 1. The molecule has 4 rings (SSSR count). The first-order valence-electron chi connectivity index (χ1n) is 10.5. The third-order valence-corrected chi connectivity index (χ3v) is 6.32. The molecule has 32 heavy (non-hydrogen) atoms. The first-order valence-corrected chi connectivity index (χ1v) is 11.7. The second-order valence-corrected chi connectivity index (χ2v) is 8.39. The van der Waals surface area contributed by atoms with Crippen LogP contribution in [0.2, 0.25) is 0 Å². The zero-order valence-electron chi connectivity index (χ0n) is 18.1. The highest BCUT2D eigenvalue weighted by Gasteiger charge is 2.14. The molecule has 1 aliphatic rings. The quantitative estimate of drug-likeness (QED) is 0.429. The van der Waals surface area contributed by atoms with E-state index in [2.05, 4.69) is 32.7 Å². The highest BCUT2D eigenvalue weighted by Crippen LogP contribution is 2.31. The van der Waals surface area contributed by atoms with Crippen molar-refractivity contribution in [3.63, 3.8) is 0 Å². The number of rotatable bonds is 8. The summed E-state index contributed by atoms with van der Waals surface area (Å²) in [6.07, 6.45) is 6.42. The van der Waals surface area contributed by atoms with Crippen LogP contribution in [-0.2, 0) is 12.8 Å². The Morgan fingerprint density at radius 2 is 2.12 bits per heavy atom. The molecule has 3 aromatic rings. The molecule has 0 aliphatic carbocycles. The number of hydrogen-bond donors (Lipinski definition) is 3. The number of methoxy groups -OCH3 is 1. The highest BCUT2D eigenvalue weighted by molar-refractivity contribution is 7.98. The Kier molecular flexibility index (Phi) is 6.80. The Hall–Kier alpha value is -3.26. The SMILES string of the molecule is COc1cc2c(cc1CCNc1cc(-c3ccc(C(=O)O)c(SC)c3)ncn1)CCCN2. The predicted octanol–water partition coefficient (Wildman–Crippen LogP) is 4.59. The monoisotopic (exact) mass is 450 g/mol. The van der Waals surface area contributed by atoms with Crippen molar-refractivity contribution in [2.75, 3.05) is 37.1 Å². The van der Waals surface area contributed by atoms with Gasteiger partial charge in [-0.05, 0) is 54.8 Å². The van der Waals surface area contributed by atoms with Gasteiger partial charge in [0.1, 0.15) is 17.9 Å². The number of anilines is 2. The Labute approximate surface area is 191 Å². The summed E-state index contributed by atoms with van der Waals surface area (Å²) in [5.41, 5.74) is 5.57. The number of nitrogens with zero attached hydrogens (tertiary/aromatic N) is 2. The Morgan fingerprint density at radius 1 is 1.25 bits per heavy atom. The van der Waals surface area contributed by atoms with Gasteiger partial charge in [0.05, 0.1) is 18.4 Å². The standard InChI is InChI=1S/C24H26N4O3S/c1-31-21-12-19-15(4-3-8-25-19)10-17(21)7-9-26-23-13-20(27-14-28-23)16-5-6-18(24(29)30)22(11-16)32-2/h5-6,10-14,25H,3-4,7-9H2,1-2H3,(H,29,30)(H,26,27,28). The average Bonchev–Trinajstić information content (AvgIpc) is 2.83. The van der Waals surface area contributed by atoms with Crippen LogP contribution in [-0.4, -0.2) is 47.5 Å². The van der Waals surface area contributed by atoms with Gasteiger partial charge in [-0.15, -0.1) is 11.8 Å². The van der Waals surface area contributed by atoms with Crippen molar-refractivity contribution in [2.45, 2.75) is 24.2 Å². The number of carboxylic acids is 1. The highest BCUT2D eigenvalue weighted by atomic mass is 32.2. The first-order chi connectivity index (χ1) is 15.6. The van der Waals surface area contributed by atoms with Crippen LogP contribution >= 0.6 is 11.8 Å². The molecule has 1 aliphatic heterocycles. The van der Waals surface area contributed by atoms with Gasteiger partial charge in [-0.1, -0.05) is 6.07 Å². The number of benzene rings is 2. The molecule has 0 radical (unpaired) electrons. The van der Waals surface area contributed by atoms with Crippen molar-refractivity contribution in [3.8, 4) is 17.0 Å². The van der Waals surface area contributed by atoms with Crippen LogP contribution in [0.3, 0.4) is 0 Å². The minimum absolute atomic E-state index is 0.294. The summed E-state index contributed by atoms with van der Waals surface area (Å²) in [6, 6.07) is 11.5. The van der Waals surface area contributed by atoms with Crippen LogP contribution in [0, 0.1) is 0 Å². The molecule has 0 spiro atoms. The van der Waals surface area contributed by atoms with Crippen molar-refractivity contribution in [1.29, 1.82) is 0 Å². The molecule has 2 heterocycles. The maximum Gasteiger partial charge on any atom is 0.336 e. The number of aromatic nitrogens is 2. The summed E-state index contributed by atoms with van der Waals surface area (Å²) in [5.74, 6) is 0.687. The van der Waals surface area contributed by atoms with Gasteiger partial charge in [0.25, 0.3) is 0 Å². The van der Waals surface area contributed by atoms with Gasteiger partial charge < -0.3 is 20.5 Å². The molecule has 166 valence electrons. The number of nitrogens with one attached hydrogen (secondary N) is 2. The van der Waals surface area contributed by atoms with Crippen LogP contribution in [0.1, 0.15) is 27.9 Å². The minimum Gasteiger partial charge on any atom is -0.496 e. The van der Waals surface area contributed by atoms with E-state index in [0.29, 0.717) is 17.0 Å². The van der Waals surface area contributed by atoms with Crippen LogP contribution in [0.5, 0.6) is 5.75 Å². The lowest BCUT2D eigenvalue weighted by atomic mass is 9.98. The number of carbonyl (C=O) groups is 1. The van der Waals surface area contributed by atoms with E-state index < -0.39 is 5.97 Å². The summed E-state index contributed by atoms with van der Waals surface area (Å²) in [6.45, 7) is 1.71. The summed E-state index contributed by atoms with van der Waals surface area (Å²) >= 11 is 1.41. The average molecular weight is 451 g/mol. The Bertz CT molecular complexity index is 1140. The molecule has 3 N–H and O–H groups in total. The smallest absolute Gasteiger partial charge is 0.336 e. The molecule has 1 aromatic heterocycles. The van der Waals surface area contributed by atoms with Crippen molar-refractivity contribution < 1.29 is 14.6 Å². The third-order valence-electron chi connectivity index (χ3n) is 5.54. The zero-order valence-corrected chi connectivity index (χ0v) is 19.0. The molecule has 0 unspecified atom stereocenters. The van der Waals surface area contributed by atoms with Crippen LogP contribution in [0.25, 0.3) is 11.3 Å². The molecule has 0 bridgehead atoms. The largest absolute Gasteiger partial charge is 0.496 e. The summed E-state index contributed by atoms with van der Waals surface area (Å²) in [5, 5.41) is 16.1. The lowest BCUT2D eigenvalue weighted by Gasteiger charge is -2.21. The second kappa shape index (κ2) is 9.91. The fourth-order valence-corrected chi connectivity index (χ4v) is 4.52. The summed E-state index contributed by atoms with van der Waals surface area (Å²) < 4.78 is 5.60. The maximum absolute atomic E-state index is 11.4. The van der Waals surface area contributed by atoms with Gasteiger partial charge in [0, 0.05) is 41.4 Å². The molecule has 0 fully saturated rings. The molecule has 0 atom stereocenters. The molecular weight excluding hydrogens is 424 g/mol. The van der Waals surface area contributed by atoms with Gasteiger partial charge >= 0.3 is 5.97 Å². The van der Waals surface area contributed by atoms with Crippen LogP contribution < -0.4 is 15.4 Å². The van der Waals surface area contributed by atoms with E-state index in [1.54, 1.807) is 19.2 Å². The number of aryl methyl sites for hydroxylation is 1. The molecule has 7 nitrogen and oxygen atoms in total. The summed E-state index contributed by atoms with van der Waals surface area (Å²) in [4.78, 5) is 20.8. The predicted molar refractivity (Wildman–Crippen MR) is 128 cm³/mol. The Balaban J connectivity index is 1.47. The summed E-state index contributed by atoms with van der Waals surface area (Å²) in [7, 11) is 1.71. The lowest BCUT2D eigenvalue weighted by Crippen LogP contribution is -2.13. The van der Waals surface area contributed by atoms with E-state index in [1.807, 2.05) is 18.4 Å². The molecular formula is C24H26N4O3S. The zero-order chi connectivity index (χ0) is 22.5.